The van der Waals surface area contributed by atoms with Gasteiger partial charge in [-0.25, -0.2) is 18.5 Å². The number of alkyl halides is 3. The summed E-state index contributed by atoms with van der Waals surface area (Å²) in [6.07, 6.45) is -4.92. The molecule has 26 heavy (non-hydrogen) atoms. The Bertz CT molecular complexity index is 1030. The first kappa shape index (κ1) is 18.2. The molecular formula is C16H13F3N4O2S. The van der Waals surface area contributed by atoms with Crippen molar-refractivity contribution < 1.29 is 21.6 Å². The molecule has 136 valence electrons. The van der Waals surface area contributed by atoms with E-state index in [0.29, 0.717) is 11.6 Å². The largest absolute Gasteiger partial charge is 0.417 e. The Morgan fingerprint density at radius 2 is 1.73 bits per heavy atom. The van der Waals surface area contributed by atoms with Crippen LogP contribution in [0.2, 0.25) is 0 Å². The van der Waals surface area contributed by atoms with E-state index in [4.69, 9.17) is 5.14 Å². The summed E-state index contributed by atoms with van der Waals surface area (Å²) in [5, 5.41) is 12.4. The van der Waals surface area contributed by atoms with E-state index < -0.39 is 26.7 Å². The molecule has 0 fully saturated rings. The predicted molar refractivity (Wildman–Crippen MR) is 89.3 cm³/mol. The van der Waals surface area contributed by atoms with Crippen LogP contribution in [0.25, 0.3) is 11.1 Å². The van der Waals surface area contributed by atoms with Crippen molar-refractivity contribution in [2.24, 2.45) is 20.4 Å². The highest BCUT2D eigenvalue weighted by Crippen LogP contribution is 2.40. The quantitative estimate of drug-likeness (QED) is 0.879. The molecule has 0 aliphatic carbocycles. The molecule has 0 spiro atoms. The fraction of sp³-hybridized carbons (Fsp3) is 0.188. The summed E-state index contributed by atoms with van der Waals surface area (Å²) in [5.41, 5.74) is 0.00511. The van der Waals surface area contributed by atoms with Gasteiger partial charge >= 0.3 is 6.18 Å². The van der Waals surface area contributed by atoms with Crippen molar-refractivity contribution in [3.05, 3.63) is 53.1 Å². The Hall–Kier alpha value is -2.59. The van der Waals surface area contributed by atoms with Crippen molar-refractivity contribution in [1.82, 2.24) is 0 Å². The fourth-order valence-electron chi connectivity index (χ4n) is 2.65. The Kier molecular flexibility index (Phi) is 4.41. The summed E-state index contributed by atoms with van der Waals surface area (Å²) in [6, 6.07) is 8.73. The number of aryl methyl sites for hydroxylation is 1. The molecule has 1 aliphatic rings. The second-order valence-corrected chi connectivity index (χ2v) is 7.14. The number of nitrogens with two attached hydrogens (primary N) is 1. The van der Waals surface area contributed by atoms with Crippen molar-refractivity contribution in [1.29, 1.82) is 0 Å². The number of benzene rings is 2. The fourth-order valence-corrected chi connectivity index (χ4v) is 3.63. The second kappa shape index (κ2) is 6.29. The number of hydrogen-bond donors (Lipinski definition) is 1. The second-order valence-electron chi connectivity index (χ2n) is 5.64. The first-order valence-corrected chi connectivity index (χ1v) is 8.90. The lowest BCUT2D eigenvalue weighted by Crippen LogP contribution is -2.23. The van der Waals surface area contributed by atoms with E-state index in [1.54, 1.807) is 24.3 Å². The average Bonchev–Trinajstić information content (AvgIpc) is 3.06. The molecular weight excluding hydrogens is 369 g/mol. The number of aliphatic imine (C=N–C) groups is 1. The van der Waals surface area contributed by atoms with Crippen LogP contribution in [-0.2, 0) is 16.2 Å². The van der Waals surface area contributed by atoms with E-state index in [1.165, 1.54) is 6.07 Å². The zero-order valence-electron chi connectivity index (χ0n) is 13.4. The predicted octanol–water partition coefficient (Wildman–Crippen LogP) is 3.50. The van der Waals surface area contributed by atoms with Crippen LogP contribution in [0.15, 0.2) is 56.5 Å². The van der Waals surface area contributed by atoms with Crippen molar-refractivity contribution in [3.63, 3.8) is 0 Å². The molecule has 2 aromatic rings. The van der Waals surface area contributed by atoms with Crippen LogP contribution in [0.4, 0.5) is 13.2 Å². The number of rotatable bonds is 3. The number of primary sulfonamides is 1. The molecule has 0 atom stereocenters. The maximum atomic E-state index is 13.4. The van der Waals surface area contributed by atoms with E-state index in [1.807, 2.05) is 6.92 Å². The zero-order valence-corrected chi connectivity index (χ0v) is 14.3. The lowest BCUT2D eigenvalue weighted by atomic mass is 9.95. The minimum absolute atomic E-state index is 0.0943. The smallest absolute Gasteiger partial charge is 0.239 e. The third kappa shape index (κ3) is 3.37. The summed E-state index contributed by atoms with van der Waals surface area (Å²) in [7, 11) is -4.73. The van der Waals surface area contributed by atoms with Crippen LogP contribution in [0.3, 0.4) is 0 Å². The van der Waals surface area contributed by atoms with Gasteiger partial charge in [0.05, 0.1) is 5.56 Å². The molecule has 1 aliphatic heterocycles. The van der Waals surface area contributed by atoms with Gasteiger partial charge < -0.3 is 0 Å². The highest BCUT2D eigenvalue weighted by Gasteiger charge is 2.40. The van der Waals surface area contributed by atoms with Crippen LogP contribution in [-0.4, -0.2) is 20.9 Å². The van der Waals surface area contributed by atoms with Gasteiger partial charge in [0, 0.05) is 5.56 Å². The molecule has 0 unspecified atom stereocenters. The summed E-state index contributed by atoms with van der Waals surface area (Å²) in [6.45, 7) is 1.76. The van der Waals surface area contributed by atoms with Gasteiger partial charge in [-0.1, -0.05) is 35.9 Å². The Labute approximate surface area is 147 Å². The minimum Gasteiger partial charge on any atom is -0.239 e. The van der Waals surface area contributed by atoms with E-state index in [-0.39, 0.29) is 23.6 Å². The van der Waals surface area contributed by atoms with Crippen LogP contribution in [0.5, 0.6) is 0 Å². The number of amidine groups is 1. The highest BCUT2D eigenvalue weighted by atomic mass is 32.2. The number of azo groups is 1. The van der Waals surface area contributed by atoms with E-state index in [0.717, 1.165) is 5.56 Å². The number of halogens is 3. The molecule has 10 heteroatoms. The molecule has 6 nitrogen and oxygen atoms in total. The molecule has 0 amide bonds. The highest BCUT2D eigenvalue weighted by molar-refractivity contribution is 7.89. The van der Waals surface area contributed by atoms with Gasteiger partial charge in [-0.15, -0.1) is 5.11 Å². The molecule has 3 rings (SSSR count). The summed E-state index contributed by atoms with van der Waals surface area (Å²) >= 11 is 0. The summed E-state index contributed by atoms with van der Waals surface area (Å²) in [5.74, 6) is -0.198. The third-order valence-corrected chi connectivity index (χ3v) is 4.78. The molecule has 0 saturated heterocycles. The molecule has 0 saturated carbocycles. The Balaban J connectivity index is 2.43. The first-order valence-electron chi connectivity index (χ1n) is 7.35. The van der Waals surface area contributed by atoms with Gasteiger partial charge in [0.15, 0.2) is 12.5 Å². The van der Waals surface area contributed by atoms with Gasteiger partial charge in [0.25, 0.3) is 0 Å². The van der Waals surface area contributed by atoms with E-state index in [9.17, 15) is 21.6 Å². The zero-order chi connectivity index (χ0) is 19.1. The number of nitrogens with zero attached hydrogens (tertiary/aromatic N) is 3. The van der Waals surface area contributed by atoms with Crippen molar-refractivity contribution in [3.8, 4) is 11.1 Å². The lowest BCUT2D eigenvalue weighted by Gasteiger charge is -2.18. The standard InChI is InChI=1S/C16H13F3N4O2S/c1-9-2-4-10(5-3-9)11-6-7-12(16(17,18)19)14(26(20,24)25)13(11)15-21-8-22-23-15/h2-7H,8H2,1H3,(H2,20,24,25). The third-order valence-electron chi connectivity index (χ3n) is 3.78. The van der Waals surface area contributed by atoms with Crippen molar-refractivity contribution >= 4 is 15.9 Å². The van der Waals surface area contributed by atoms with Gasteiger partial charge in [-0.05, 0) is 24.1 Å². The van der Waals surface area contributed by atoms with Gasteiger partial charge in [0.1, 0.15) is 4.90 Å². The van der Waals surface area contributed by atoms with Crippen LogP contribution in [0, 0.1) is 6.92 Å². The lowest BCUT2D eigenvalue weighted by molar-refractivity contribution is -0.139. The topological polar surface area (TPSA) is 97.2 Å². The van der Waals surface area contributed by atoms with E-state index in [2.05, 4.69) is 15.2 Å². The summed E-state index contributed by atoms with van der Waals surface area (Å²) in [4.78, 5) is 2.85. The Morgan fingerprint density at radius 1 is 1.08 bits per heavy atom. The van der Waals surface area contributed by atoms with Crippen LogP contribution >= 0.6 is 0 Å². The maximum Gasteiger partial charge on any atom is 0.417 e. The number of hydrogen-bond acceptors (Lipinski definition) is 5. The van der Waals surface area contributed by atoms with Crippen LogP contribution < -0.4 is 5.14 Å². The molecule has 2 N–H and O–H groups in total. The first-order chi connectivity index (χ1) is 12.1. The molecule has 2 aromatic carbocycles. The van der Waals surface area contributed by atoms with Crippen LogP contribution in [0.1, 0.15) is 16.7 Å². The van der Waals surface area contributed by atoms with E-state index >= 15 is 0 Å². The SMILES string of the molecule is Cc1ccc(-c2ccc(C(F)(F)F)c(S(N)(=O)=O)c2C2=NCN=N2)cc1. The monoisotopic (exact) mass is 382 g/mol. The molecule has 0 bridgehead atoms. The van der Waals surface area contributed by atoms with Crippen molar-refractivity contribution in [2.75, 3.05) is 6.67 Å². The summed E-state index contributed by atoms with van der Waals surface area (Å²) < 4.78 is 64.4. The Morgan fingerprint density at radius 3 is 2.23 bits per heavy atom. The van der Waals surface area contributed by atoms with Gasteiger partial charge in [-0.2, -0.15) is 18.3 Å². The van der Waals surface area contributed by atoms with Gasteiger partial charge in [-0.3, -0.25) is 0 Å². The molecule has 0 aromatic heterocycles. The average molecular weight is 382 g/mol. The van der Waals surface area contributed by atoms with Gasteiger partial charge in [0.2, 0.25) is 10.0 Å². The molecule has 0 radical (unpaired) electrons. The number of sulfonamides is 1. The normalized spacial score (nSPS) is 14.6. The maximum absolute atomic E-state index is 13.4. The minimum atomic E-state index is -4.92. The van der Waals surface area contributed by atoms with Crippen molar-refractivity contribution in [2.45, 2.75) is 18.0 Å². The molecule has 1 heterocycles.